The third-order valence-electron chi connectivity index (χ3n) is 4.91. The van der Waals surface area contributed by atoms with Crippen LogP contribution in [0.15, 0.2) is 71.2 Å². The van der Waals surface area contributed by atoms with Crippen molar-refractivity contribution in [2.75, 3.05) is 20.8 Å². The Labute approximate surface area is 200 Å². The van der Waals surface area contributed by atoms with Crippen molar-refractivity contribution in [3.05, 3.63) is 87.9 Å². The SMILES string of the molecule is COc1ccc(CN(Cc2ccccc2)C(=O)COc2c(OC)cc(Br)cc2C(=O)O)cc1. The number of rotatable bonds is 10. The van der Waals surface area contributed by atoms with Gasteiger partial charge in [-0.15, -0.1) is 0 Å². The molecule has 0 saturated heterocycles. The number of ether oxygens (including phenoxy) is 3. The van der Waals surface area contributed by atoms with Gasteiger partial charge in [-0.3, -0.25) is 4.79 Å². The zero-order valence-corrected chi connectivity index (χ0v) is 19.9. The molecule has 8 heteroatoms. The second kappa shape index (κ2) is 11.4. The highest BCUT2D eigenvalue weighted by atomic mass is 79.9. The van der Waals surface area contributed by atoms with Crippen LogP contribution in [-0.4, -0.2) is 42.7 Å². The molecule has 7 nitrogen and oxygen atoms in total. The summed E-state index contributed by atoms with van der Waals surface area (Å²) in [6, 6.07) is 20.1. The number of carbonyl (C=O) groups is 2. The van der Waals surface area contributed by atoms with Crippen molar-refractivity contribution in [2.24, 2.45) is 0 Å². The topological polar surface area (TPSA) is 85.3 Å². The first-order valence-electron chi connectivity index (χ1n) is 10.1. The van der Waals surface area contributed by atoms with Crippen molar-refractivity contribution >= 4 is 27.8 Å². The number of hydrogen-bond donors (Lipinski definition) is 1. The van der Waals surface area contributed by atoms with Crippen LogP contribution in [0.3, 0.4) is 0 Å². The van der Waals surface area contributed by atoms with E-state index in [1.165, 1.54) is 13.2 Å². The summed E-state index contributed by atoms with van der Waals surface area (Å²) in [6.45, 7) is 0.379. The highest BCUT2D eigenvalue weighted by Crippen LogP contribution is 2.35. The second-order valence-electron chi connectivity index (χ2n) is 7.16. The Morgan fingerprint density at radius 2 is 1.55 bits per heavy atom. The number of aromatic carboxylic acids is 1. The minimum Gasteiger partial charge on any atom is -0.497 e. The van der Waals surface area contributed by atoms with Crippen molar-refractivity contribution in [2.45, 2.75) is 13.1 Å². The number of nitrogens with zero attached hydrogens (tertiary/aromatic N) is 1. The lowest BCUT2D eigenvalue weighted by Crippen LogP contribution is -2.34. The van der Waals surface area contributed by atoms with Gasteiger partial charge >= 0.3 is 5.97 Å². The molecule has 0 bridgehead atoms. The van der Waals surface area contributed by atoms with Gasteiger partial charge in [-0.2, -0.15) is 0 Å². The van der Waals surface area contributed by atoms with Gasteiger partial charge in [0, 0.05) is 17.6 Å². The van der Waals surface area contributed by atoms with E-state index in [4.69, 9.17) is 14.2 Å². The minimum absolute atomic E-state index is 0.00524. The lowest BCUT2D eigenvalue weighted by molar-refractivity contribution is -0.134. The molecule has 0 unspecified atom stereocenters. The third-order valence-corrected chi connectivity index (χ3v) is 5.37. The lowest BCUT2D eigenvalue weighted by atomic mass is 10.1. The Morgan fingerprint density at radius 1 is 0.909 bits per heavy atom. The van der Waals surface area contributed by atoms with Gasteiger partial charge in [0.15, 0.2) is 18.1 Å². The average Bonchev–Trinajstić information content (AvgIpc) is 2.83. The molecule has 0 spiro atoms. The Kier molecular flexibility index (Phi) is 8.32. The molecule has 1 N–H and O–H groups in total. The smallest absolute Gasteiger partial charge is 0.339 e. The van der Waals surface area contributed by atoms with Crippen molar-refractivity contribution in [1.29, 1.82) is 0 Å². The number of benzene rings is 3. The van der Waals surface area contributed by atoms with Crippen molar-refractivity contribution in [3.63, 3.8) is 0 Å². The second-order valence-corrected chi connectivity index (χ2v) is 8.08. The van der Waals surface area contributed by atoms with Crippen LogP contribution in [0.25, 0.3) is 0 Å². The summed E-state index contributed by atoms with van der Waals surface area (Å²) >= 11 is 3.26. The van der Waals surface area contributed by atoms with Crippen LogP contribution >= 0.6 is 15.9 Å². The molecule has 0 aliphatic heterocycles. The van der Waals surface area contributed by atoms with E-state index in [2.05, 4.69) is 15.9 Å². The zero-order chi connectivity index (χ0) is 23.8. The molecule has 3 aromatic carbocycles. The standard InChI is InChI=1S/C25H24BrNO6/c1-31-20-10-8-18(9-11-20)15-27(14-17-6-4-3-5-7-17)23(28)16-33-24-21(25(29)30)12-19(26)13-22(24)32-2/h3-13H,14-16H2,1-2H3,(H,29,30). The number of carboxylic acids is 1. The van der Waals surface area contributed by atoms with Gasteiger partial charge < -0.3 is 24.2 Å². The van der Waals surface area contributed by atoms with Gasteiger partial charge in [-0.1, -0.05) is 58.4 Å². The maximum atomic E-state index is 13.2. The molecule has 0 aromatic heterocycles. The quantitative estimate of drug-likeness (QED) is 0.420. The van der Waals surface area contributed by atoms with E-state index in [1.54, 1.807) is 18.1 Å². The minimum atomic E-state index is -1.18. The van der Waals surface area contributed by atoms with E-state index in [-0.39, 0.29) is 29.6 Å². The number of methoxy groups -OCH3 is 2. The van der Waals surface area contributed by atoms with Crippen molar-refractivity contribution in [1.82, 2.24) is 4.90 Å². The fraction of sp³-hybridized carbons (Fsp3) is 0.200. The van der Waals surface area contributed by atoms with Crippen LogP contribution < -0.4 is 14.2 Å². The summed E-state index contributed by atoms with van der Waals surface area (Å²) in [7, 11) is 3.01. The maximum absolute atomic E-state index is 13.2. The highest BCUT2D eigenvalue weighted by molar-refractivity contribution is 9.10. The molecular formula is C25H24BrNO6. The Hall–Kier alpha value is -3.52. The van der Waals surface area contributed by atoms with E-state index in [0.717, 1.165) is 16.9 Å². The molecule has 33 heavy (non-hydrogen) atoms. The third kappa shape index (κ3) is 6.49. The molecule has 3 aromatic rings. The number of amides is 1. The normalized spacial score (nSPS) is 10.4. The van der Waals surface area contributed by atoms with Gasteiger partial charge in [0.05, 0.1) is 14.2 Å². The molecule has 0 fully saturated rings. The van der Waals surface area contributed by atoms with E-state index < -0.39 is 5.97 Å². The Bertz CT molecular complexity index is 1100. The fourth-order valence-electron chi connectivity index (χ4n) is 3.24. The summed E-state index contributed by atoms with van der Waals surface area (Å²) in [5.74, 6) is -0.524. The molecular weight excluding hydrogens is 490 g/mol. The van der Waals surface area contributed by atoms with Crippen molar-refractivity contribution in [3.8, 4) is 17.2 Å². The van der Waals surface area contributed by atoms with Crippen LogP contribution in [0.5, 0.6) is 17.2 Å². The molecule has 0 atom stereocenters. The van der Waals surface area contributed by atoms with E-state index in [9.17, 15) is 14.7 Å². The first-order valence-corrected chi connectivity index (χ1v) is 10.9. The lowest BCUT2D eigenvalue weighted by Gasteiger charge is -2.24. The van der Waals surface area contributed by atoms with Gasteiger partial charge in [0.1, 0.15) is 11.3 Å². The summed E-state index contributed by atoms with van der Waals surface area (Å²) < 4.78 is 16.7. The first kappa shape index (κ1) is 24.1. The highest BCUT2D eigenvalue weighted by Gasteiger charge is 2.21. The Balaban J connectivity index is 1.82. The van der Waals surface area contributed by atoms with E-state index in [0.29, 0.717) is 17.6 Å². The molecule has 0 aliphatic rings. The van der Waals surface area contributed by atoms with Gasteiger partial charge in [-0.25, -0.2) is 4.79 Å². The van der Waals surface area contributed by atoms with Gasteiger partial charge in [0.25, 0.3) is 5.91 Å². The summed E-state index contributed by atoms with van der Waals surface area (Å²) in [6.07, 6.45) is 0. The molecule has 0 saturated carbocycles. The van der Waals surface area contributed by atoms with Crippen LogP contribution in [0, 0.1) is 0 Å². The van der Waals surface area contributed by atoms with Gasteiger partial charge in [-0.05, 0) is 35.4 Å². The molecule has 0 heterocycles. The average molecular weight is 514 g/mol. The van der Waals surface area contributed by atoms with Crippen LogP contribution in [0.1, 0.15) is 21.5 Å². The molecule has 172 valence electrons. The zero-order valence-electron chi connectivity index (χ0n) is 18.3. The fourth-order valence-corrected chi connectivity index (χ4v) is 3.68. The molecule has 1 amide bonds. The van der Waals surface area contributed by atoms with Crippen molar-refractivity contribution < 1.29 is 28.9 Å². The summed E-state index contributed by atoms with van der Waals surface area (Å²) in [4.78, 5) is 26.5. The number of carbonyl (C=O) groups excluding carboxylic acids is 1. The molecule has 0 radical (unpaired) electrons. The van der Waals surface area contributed by atoms with Crippen LogP contribution in [-0.2, 0) is 17.9 Å². The number of hydrogen-bond acceptors (Lipinski definition) is 5. The summed E-state index contributed by atoms with van der Waals surface area (Å²) in [5.41, 5.74) is 1.79. The van der Waals surface area contributed by atoms with E-state index >= 15 is 0 Å². The van der Waals surface area contributed by atoms with Gasteiger partial charge in [0.2, 0.25) is 0 Å². The van der Waals surface area contributed by atoms with E-state index in [1.807, 2.05) is 54.6 Å². The summed E-state index contributed by atoms with van der Waals surface area (Å²) in [5, 5.41) is 9.55. The predicted octanol–water partition coefficient (Wildman–Crippen LogP) is 4.77. The molecule has 0 aliphatic carbocycles. The predicted molar refractivity (Wildman–Crippen MR) is 127 cm³/mol. The molecule has 3 rings (SSSR count). The van der Waals surface area contributed by atoms with Crippen LogP contribution in [0.4, 0.5) is 0 Å². The van der Waals surface area contributed by atoms with Crippen LogP contribution in [0.2, 0.25) is 0 Å². The maximum Gasteiger partial charge on any atom is 0.339 e. The number of halogens is 1. The monoisotopic (exact) mass is 513 g/mol. The Morgan fingerprint density at radius 3 is 2.12 bits per heavy atom. The number of carboxylic acid groups (broad SMARTS) is 1. The largest absolute Gasteiger partial charge is 0.497 e. The first-order chi connectivity index (χ1) is 15.9.